The van der Waals surface area contributed by atoms with E-state index in [0.29, 0.717) is 24.5 Å². The molecule has 0 spiro atoms. The molecule has 3 heterocycles. The summed E-state index contributed by atoms with van der Waals surface area (Å²) in [6.45, 7) is 2.47. The molecule has 126 valence electrons. The average Bonchev–Trinajstić information content (AvgIpc) is 3.21. The Balaban J connectivity index is 1.79. The Labute approximate surface area is 139 Å². The lowest BCUT2D eigenvalue weighted by Crippen LogP contribution is -2.31. The molecule has 1 atom stereocenters. The monoisotopic (exact) mass is 328 g/mol. The van der Waals surface area contributed by atoms with Gasteiger partial charge in [-0.1, -0.05) is 0 Å². The van der Waals surface area contributed by atoms with Gasteiger partial charge in [0.05, 0.1) is 36.4 Å². The number of nitrogens with one attached hydrogen (secondary N) is 1. The number of amides is 2. The summed E-state index contributed by atoms with van der Waals surface area (Å²) >= 11 is 0. The van der Waals surface area contributed by atoms with E-state index in [1.54, 1.807) is 41.3 Å². The van der Waals surface area contributed by atoms with Crippen LogP contribution in [-0.2, 0) is 18.4 Å². The fraction of sp³-hybridized carbons (Fsp3) is 0.438. The molecule has 0 radical (unpaired) electrons. The van der Waals surface area contributed by atoms with Crippen LogP contribution in [0.4, 0.5) is 0 Å². The van der Waals surface area contributed by atoms with Gasteiger partial charge in [-0.05, 0) is 18.9 Å². The molecule has 0 saturated carbocycles. The molecule has 24 heavy (non-hydrogen) atoms. The van der Waals surface area contributed by atoms with Gasteiger partial charge in [0.15, 0.2) is 0 Å². The Morgan fingerprint density at radius 3 is 2.92 bits per heavy atom. The molecular weight excluding hydrogens is 308 g/mol. The molecule has 8 nitrogen and oxygen atoms in total. The highest BCUT2D eigenvalue weighted by Gasteiger charge is 2.32. The van der Waals surface area contributed by atoms with Crippen LogP contribution in [0.2, 0.25) is 0 Å². The van der Waals surface area contributed by atoms with Gasteiger partial charge >= 0.3 is 0 Å². The van der Waals surface area contributed by atoms with Crippen LogP contribution in [-0.4, -0.2) is 43.0 Å². The van der Waals surface area contributed by atoms with E-state index in [-0.39, 0.29) is 17.9 Å². The van der Waals surface area contributed by atoms with Gasteiger partial charge in [-0.3, -0.25) is 24.2 Å². The van der Waals surface area contributed by atoms with E-state index in [1.165, 1.54) is 6.92 Å². The highest BCUT2D eigenvalue weighted by atomic mass is 16.2. The predicted molar refractivity (Wildman–Crippen MR) is 85.8 cm³/mol. The zero-order valence-electron chi connectivity index (χ0n) is 13.8. The maximum Gasteiger partial charge on any atom is 0.274 e. The molecule has 1 aliphatic rings. The molecule has 0 aliphatic carbocycles. The Morgan fingerprint density at radius 2 is 2.21 bits per heavy atom. The van der Waals surface area contributed by atoms with Crippen LogP contribution in [0.5, 0.6) is 0 Å². The number of carbonyl (C=O) groups excluding carboxylic acids is 2. The number of hydrogen-bond acceptors (Lipinski definition) is 5. The first kappa shape index (κ1) is 16.1. The number of nitrogens with zero attached hydrogens (tertiary/aromatic N) is 5. The van der Waals surface area contributed by atoms with Crippen LogP contribution >= 0.6 is 0 Å². The van der Waals surface area contributed by atoms with Gasteiger partial charge in [0.25, 0.3) is 5.91 Å². The van der Waals surface area contributed by atoms with Crippen LogP contribution in [0.25, 0.3) is 0 Å². The first-order valence-corrected chi connectivity index (χ1v) is 7.90. The molecule has 2 aromatic heterocycles. The zero-order valence-corrected chi connectivity index (χ0v) is 13.8. The first-order chi connectivity index (χ1) is 11.5. The van der Waals surface area contributed by atoms with Crippen molar-refractivity contribution in [2.24, 2.45) is 7.05 Å². The van der Waals surface area contributed by atoms with Crippen molar-refractivity contribution >= 4 is 11.8 Å². The van der Waals surface area contributed by atoms with Crippen LogP contribution < -0.4 is 5.32 Å². The summed E-state index contributed by atoms with van der Waals surface area (Å²) < 4.78 is 1.62. The maximum atomic E-state index is 12.7. The van der Waals surface area contributed by atoms with E-state index in [0.717, 1.165) is 18.5 Å². The van der Waals surface area contributed by atoms with Gasteiger partial charge in [0.1, 0.15) is 5.69 Å². The standard InChI is InChI=1S/C16H20N6O2/c1-11(23)18-9-12-8-17-10-14(19-12)15-4-3-6-22(15)16(24)13-5-7-21(2)20-13/h5,7-8,10,15H,3-4,6,9H2,1-2H3,(H,18,23)/t15-/m0/s1. The van der Waals surface area contributed by atoms with E-state index in [4.69, 9.17) is 0 Å². The highest BCUT2D eigenvalue weighted by Crippen LogP contribution is 2.31. The second kappa shape index (κ2) is 6.77. The van der Waals surface area contributed by atoms with Crippen molar-refractivity contribution in [2.75, 3.05) is 6.54 Å². The molecule has 1 saturated heterocycles. The maximum absolute atomic E-state index is 12.7. The molecule has 0 unspecified atom stereocenters. The number of hydrogen-bond donors (Lipinski definition) is 1. The number of likely N-dealkylation sites (tertiary alicyclic amines) is 1. The van der Waals surface area contributed by atoms with Crippen LogP contribution in [0.3, 0.4) is 0 Å². The number of aromatic nitrogens is 4. The molecule has 3 rings (SSSR count). The van der Waals surface area contributed by atoms with E-state index < -0.39 is 0 Å². The number of aryl methyl sites for hydroxylation is 1. The summed E-state index contributed by atoms with van der Waals surface area (Å²) in [7, 11) is 1.79. The summed E-state index contributed by atoms with van der Waals surface area (Å²) in [4.78, 5) is 34.3. The Kier molecular flexibility index (Phi) is 4.54. The second-order valence-corrected chi connectivity index (χ2v) is 5.88. The van der Waals surface area contributed by atoms with Crippen molar-refractivity contribution in [3.8, 4) is 0 Å². The van der Waals surface area contributed by atoms with Crippen LogP contribution in [0.15, 0.2) is 24.7 Å². The quantitative estimate of drug-likeness (QED) is 0.897. The minimum absolute atomic E-state index is 0.0906. The summed E-state index contributed by atoms with van der Waals surface area (Å²) in [6, 6.07) is 1.61. The Hall–Kier alpha value is -2.77. The highest BCUT2D eigenvalue weighted by molar-refractivity contribution is 5.92. The smallest absolute Gasteiger partial charge is 0.274 e. The van der Waals surface area contributed by atoms with Crippen molar-refractivity contribution in [1.82, 2.24) is 30.0 Å². The first-order valence-electron chi connectivity index (χ1n) is 7.90. The lowest BCUT2D eigenvalue weighted by Gasteiger charge is -2.23. The molecule has 1 N–H and O–H groups in total. The molecule has 0 aromatic carbocycles. The lowest BCUT2D eigenvalue weighted by molar-refractivity contribution is -0.119. The number of carbonyl (C=O) groups is 2. The van der Waals surface area contributed by atoms with E-state index in [9.17, 15) is 9.59 Å². The predicted octanol–water partition coefficient (Wildman–Crippen LogP) is 0.823. The van der Waals surface area contributed by atoms with Gasteiger partial charge in [-0.2, -0.15) is 5.10 Å². The summed E-state index contributed by atoms with van der Waals surface area (Å²) in [6.07, 6.45) is 6.83. The normalized spacial score (nSPS) is 17.1. The summed E-state index contributed by atoms with van der Waals surface area (Å²) in [5.41, 5.74) is 1.87. The molecule has 1 aliphatic heterocycles. The minimum Gasteiger partial charge on any atom is -0.351 e. The minimum atomic E-state index is -0.116. The van der Waals surface area contributed by atoms with Crippen LogP contribution in [0.1, 0.15) is 47.7 Å². The molecule has 2 amide bonds. The molecule has 8 heteroatoms. The topological polar surface area (TPSA) is 93.0 Å². The summed E-state index contributed by atoms with van der Waals surface area (Å²) in [5.74, 6) is -0.206. The molecule has 1 fully saturated rings. The molecule has 2 aromatic rings. The van der Waals surface area contributed by atoms with Gasteiger partial charge in [0.2, 0.25) is 5.91 Å². The molecular formula is C16H20N6O2. The fourth-order valence-electron chi connectivity index (χ4n) is 2.88. The van der Waals surface area contributed by atoms with Gasteiger partial charge in [-0.25, -0.2) is 0 Å². The van der Waals surface area contributed by atoms with Crippen molar-refractivity contribution in [3.63, 3.8) is 0 Å². The van der Waals surface area contributed by atoms with Gasteiger partial charge in [0, 0.05) is 26.7 Å². The SMILES string of the molecule is CC(=O)NCc1cncc([C@@H]2CCCN2C(=O)c2ccn(C)n2)n1. The third-order valence-corrected chi connectivity index (χ3v) is 4.01. The Morgan fingerprint density at radius 1 is 1.38 bits per heavy atom. The third kappa shape index (κ3) is 3.42. The van der Waals surface area contributed by atoms with Crippen molar-refractivity contribution in [1.29, 1.82) is 0 Å². The van der Waals surface area contributed by atoms with Crippen LogP contribution in [0, 0.1) is 0 Å². The molecule has 0 bridgehead atoms. The summed E-state index contributed by atoms with van der Waals surface area (Å²) in [5, 5.41) is 6.90. The van der Waals surface area contributed by atoms with Gasteiger partial charge < -0.3 is 10.2 Å². The van der Waals surface area contributed by atoms with Gasteiger partial charge in [-0.15, -0.1) is 0 Å². The Bertz CT molecular complexity index is 757. The largest absolute Gasteiger partial charge is 0.351 e. The zero-order chi connectivity index (χ0) is 17.1. The van der Waals surface area contributed by atoms with E-state index in [1.807, 2.05) is 0 Å². The average molecular weight is 328 g/mol. The number of rotatable bonds is 4. The third-order valence-electron chi connectivity index (χ3n) is 4.01. The fourth-order valence-corrected chi connectivity index (χ4v) is 2.88. The van der Waals surface area contributed by atoms with Crippen molar-refractivity contribution in [2.45, 2.75) is 32.4 Å². The lowest BCUT2D eigenvalue weighted by atomic mass is 10.1. The second-order valence-electron chi connectivity index (χ2n) is 5.88. The van der Waals surface area contributed by atoms with E-state index in [2.05, 4.69) is 20.4 Å². The van der Waals surface area contributed by atoms with E-state index >= 15 is 0 Å². The van der Waals surface area contributed by atoms with Crippen molar-refractivity contribution in [3.05, 3.63) is 41.7 Å². The van der Waals surface area contributed by atoms with Crippen molar-refractivity contribution < 1.29 is 9.59 Å².